The molecule has 0 radical (unpaired) electrons. The molecule has 0 atom stereocenters. The molecule has 1 aromatic rings. The third-order valence-electron chi connectivity index (χ3n) is 4.16. The quantitative estimate of drug-likeness (QED) is 0.730. The van der Waals surface area contributed by atoms with E-state index in [4.69, 9.17) is 0 Å². The van der Waals surface area contributed by atoms with Crippen LogP contribution in [0.15, 0.2) is 12.1 Å². The van der Waals surface area contributed by atoms with E-state index in [2.05, 4.69) is 53.7 Å². The Balaban J connectivity index is 2.15. The van der Waals surface area contributed by atoms with Crippen molar-refractivity contribution in [1.82, 2.24) is 4.90 Å². The van der Waals surface area contributed by atoms with Crippen LogP contribution in [0.2, 0.25) is 0 Å². The van der Waals surface area contributed by atoms with Gasteiger partial charge in [-0.3, -0.25) is 4.90 Å². The average molecular weight is 310 g/mol. The van der Waals surface area contributed by atoms with Gasteiger partial charge in [0.15, 0.2) is 0 Å². The summed E-state index contributed by atoms with van der Waals surface area (Å²) in [6.07, 6.45) is 4.18. The third-order valence-corrected chi connectivity index (χ3v) is 4.52. The minimum Gasteiger partial charge on any atom is -0.295 e. The lowest BCUT2D eigenvalue weighted by Gasteiger charge is -2.38. The molecular formula is C16H24BrN. The Hall–Kier alpha value is -0.340. The van der Waals surface area contributed by atoms with Crippen LogP contribution in [0.4, 0.5) is 0 Å². The van der Waals surface area contributed by atoms with Crippen molar-refractivity contribution < 1.29 is 0 Å². The molecule has 2 heteroatoms. The molecule has 0 amide bonds. The van der Waals surface area contributed by atoms with Gasteiger partial charge in [0.05, 0.1) is 0 Å². The van der Waals surface area contributed by atoms with E-state index in [1.165, 1.54) is 41.5 Å². The number of nitrogens with zero attached hydrogens (tertiary/aromatic N) is 1. The van der Waals surface area contributed by atoms with Crippen LogP contribution in [-0.2, 0) is 6.54 Å². The largest absolute Gasteiger partial charge is 0.295 e. The van der Waals surface area contributed by atoms with Crippen molar-refractivity contribution >= 4 is 15.9 Å². The van der Waals surface area contributed by atoms with E-state index in [-0.39, 0.29) is 0 Å². The summed E-state index contributed by atoms with van der Waals surface area (Å²) in [5.41, 5.74) is 5.82. The van der Waals surface area contributed by atoms with Crippen molar-refractivity contribution in [2.24, 2.45) is 0 Å². The van der Waals surface area contributed by atoms with Gasteiger partial charge in [-0.15, -0.1) is 0 Å². The highest BCUT2D eigenvalue weighted by Crippen LogP contribution is 2.28. The zero-order valence-corrected chi connectivity index (χ0v) is 13.4. The Morgan fingerprint density at radius 2 is 1.78 bits per heavy atom. The van der Waals surface area contributed by atoms with Crippen LogP contribution >= 0.6 is 15.9 Å². The first kappa shape index (κ1) is 14.1. The molecule has 0 saturated heterocycles. The second-order valence-corrected chi connectivity index (χ2v) is 6.41. The van der Waals surface area contributed by atoms with E-state index in [0.29, 0.717) is 0 Å². The Morgan fingerprint density at radius 1 is 1.17 bits per heavy atom. The number of rotatable bonds is 5. The van der Waals surface area contributed by atoms with E-state index in [9.17, 15) is 0 Å². The van der Waals surface area contributed by atoms with Crippen LogP contribution in [0.1, 0.15) is 41.5 Å². The lowest BCUT2D eigenvalue weighted by atomic mass is 9.90. The van der Waals surface area contributed by atoms with E-state index < -0.39 is 0 Å². The lowest BCUT2D eigenvalue weighted by Crippen LogP contribution is -2.41. The zero-order chi connectivity index (χ0) is 13.1. The van der Waals surface area contributed by atoms with Gasteiger partial charge >= 0.3 is 0 Å². The highest BCUT2D eigenvalue weighted by molar-refractivity contribution is 9.09. The summed E-state index contributed by atoms with van der Waals surface area (Å²) in [4.78, 5) is 2.66. The summed E-state index contributed by atoms with van der Waals surface area (Å²) in [6.45, 7) is 8.97. The van der Waals surface area contributed by atoms with Gasteiger partial charge in [0.25, 0.3) is 0 Å². The molecule has 100 valence electrons. The third kappa shape index (κ3) is 3.16. The fraction of sp³-hybridized carbons (Fsp3) is 0.625. The molecule has 1 aliphatic carbocycles. The van der Waals surface area contributed by atoms with Gasteiger partial charge in [-0.1, -0.05) is 40.0 Å². The Labute approximate surface area is 120 Å². The van der Waals surface area contributed by atoms with E-state index in [0.717, 1.165) is 24.5 Å². The smallest absolute Gasteiger partial charge is 0.0242 e. The van der Waals surface area contributed by atoms with Crippen molar-refractivity contribution in [2.45, 2.75) is 52.6 Å². The maximum absolute atomic E-state index is 3.59. The first-order chi connectivity index (χ1) is 8.61. The second-order valence-electron chi connectivity index (χ2n) is 5.62. The molecule has 1 saturated carbocycles. The maximum Gasteiger partial charge on any atom is 0.0242 e. The van der Waals surface area contributed by atoms with Crippen LogP contribution in [-0.4, -0.2) is 22.8 Å². The molecule has 0 bridgehead atoms. The van der Waals surface area contributed by atoms with Crippen molar-refractivity contribution in [2.75, 3.05) is 11.9 Å². The van der Waals surface area contributed by atoms with Crippen LogP contribution in [0.3, 0.4) is 0 Å². The van der Waals surface area contributed by atoms with Crippen LogP contribution < -0.4 is 0 Å². The number of benzene rings is 1. The van der Waals surface area contributed by atoms with Crippen LogP contribution in [0.25, 0.3) is 0 Å². The summed E-state index contributed by atoms with van der Waals surface area (Å²) >= 11 is 3.59. The lowest BCUT2D eigenvalue weighted by molar-refractivity contribution is 0.127. The normalized spacial score (nSPS) is 16.1. The monoisotopic (exact) mass is 309 g/mol. The minimum atomic E-state index is 0.822. The molecule has 1 aliphatic rings. The van der Waals surface area contributed by atoms with Crippen LogP contribution in [0, 0.1) is 20.8 Å². The van der Waals surface area contributed by atoms with E-state index >= 15 is 0 Å². The molecule has 1 aromatic carbocycles. The molecule has 0 aromatic heterocycles. The summed E-state index contributed by atoms with van der Waals surface area (Å²) < 4.78 is 0. The zero-order valence-electron chi connectivity index (χ0n) is 11.8. The average Bonchev–Trinajstić information content (AvgIpc) is 2.20. The molecule has 0 heterocycles. The Morgan fingerprint density at radius 3 is 2.22 bits per heavy atom. The topological polar surface area (TPSA) is 3.24 Å². The van der Waals surface area contributed by atoms with Crippen molar-refractivity contribution in [1.29, 1.82) is 0 Å². The molecular weight excluding hydrogens is 286 g/mol. The first-order valence-corrected chi connectivity index (χ1v) is 8.10. The van der Waals surface area contributed by atoms with Gasteiger partial charge in [-0.2, -0.15) is 0 Å². The van der Waals surface area contributed by atoms with Crippen LogP contribution in [0.5, 0.6) is 0 Å². The number of alkyl halides is 1. The number of aryl methyl sites for hydroxylation is 3. The molecule has 0 N–H and O–H groups in total. The van der Waals surface area contributed by atoms with Gasteiger partial charge in [-0.05, 0) is 50.3 Å². The summed E-state index contributed by atoms with van der Waals surface area (Å²) in [5, 5.41) is 1.08. The highest BCUT2D eigenvalue weighted by Gasteiger charge is 2.25. The number of hydrogen-bond donors (Lipinski definition) is 0. The predicted octanol–water partition coefficient (Wildman–Crippen LogP) is 4.36. The Kier molecular flexibility index (Phi) is 4.85. The Bertz CT molecular complexity index is 387. The maximum atomic E-state index is 3.59. The van der Waals surface area contributed by atoms with Gasteiger partial charge in [0, 0.05) is 24.5 Å². The molecule has 2 rings (SSSR count). The molecule has 0 aliphatic heterocycles. The first-order valence-electron chi connectivity index (χ1n) is 6.98. The second kappa shape index (κ2) is 6.21. The SMILES string of the molecule is Cc1cc(C)c(CN(CCBr)C2CCC2)c(C)c1. The fourth-order valence-corrected chi connectivity index (χ4v) is 3.37. The van der Waals surface area contributed by atoms with Crippen molar-refractivity contribution in [3.05, 3.63) is 34.4 Å². The summed E-state index contributed by atoms with van der Waals surface area (Å²) in [5.74, 6) is 0. The van der Waals surface area contributed by atoms with Crippen molar-refractivity contribution in [3.63, 3.8) is 0 Å². The van der Waals surface area contributed by atoms with Gasteiger partial charge in [0.1, 0.15) is 0 Å². The minimum absolute atomic E-state index is 0.822. The molecule has 1 fully saturated rings. The summed E-state index contributed by atoms with van der Waals surface area (Å²) in [7, 11) is 0. The highest BCUT2D eigenvalue weighted by atomic mass is 79.9. The van der Waals surface area contributed by atoms with Gasteiger partial charge in [0.2, 0.25) is 0 Å². The standard InChI is InChI=1S/C16H24BrN/c1-12-9-13(2)16(14(3)10-12)11-18(8-7-17)15-5-4-6-15/h9-10,15H,4-8,11H2,1-3H3. The molecule has 0 unspecified atom stereocenters. The predicted molar refractivity (Wildman–Crippen MR) is 82.5 cm³/mol. The summed E-state index contributed by atoms with van der Waals surface area (Å²) in [6, 6.07) is 5.45. The van der Waals surface area contributed by atoms with Gasteiger partial charge < -0.3 is 0 Å². The van der Waals surface area contributed by atoms with Gasteiger partial charge in [-0.25, -0.2) is 0 Å². The van der Waals surface area contributed by atoms with Crippen molar-refractivity contribution in [3.8, 4) is 0 Å². The number of hydrogen-bond acceptors (Lipinski definition) is 1. The molecule has 1 nitrogen and oxygen atoms in total. The van der Waals surface area contributed by atoms with E-state index in [1.54, 1.807) is 0 Å². The number of halogens is 1. The van der Waals surface area contributed by atoms with E-state index in [1.807, 2.05) is 0 Å². The molecule has 18 heavy (non-hydrogen) atoms. The molecule has 0 spiro atoms. The fourth-order valence-electron chi connectivity index (χ4n) is 2.91.